The van der Waals surface area contributed by atoms with E-state index in [0.29, 0.717) is 12.1 Å². The predicted octanol–water partition coefficient (Wildman–Crippen LogP) is 1.67. The Labute approximate surface area is 152 Å². The Kier molecular flexibility index (Phi) is 5.98. The minimum atomic E-state index is -0.252. The lowest BCUT2D eigenvalue weighted by Crippen LogP contribution is -2.64. The van der Waals surface area contributed by atoms with Crippen molar-refractivity contribution in [3.63, 3.8) is 0 Å². The van der Waals surface area contributed by atoms with E-state index in [4.69, 9.17) is 4.74 Å². The van der Waals surface area contributed by atoms with Gasteiger partial charge in [0, 0.05) is 37.2 Å². The molecular weight excluding hydrogens is 335 g/mol. The average molecular weight is 358 g/mol. The SMILES string of the molecule is COCC(=O)NC[C@H]1N[C@H](CO)[C@@H]1c1ccc(-c2ccccc2F)cc1. The minimum absolute atomic E-state index is 0.0161. The molecule has 2 aromatic carbocycles. The van der Waals surface area contributed by atoms with E-state index in [0.717, 1.165) is 11.1 Å². The van der Waals surface area contributed by atoms with Crippen LogP contribution in [0.5, 0.6) is 0 Å². The zero-order valence-corrected chi connectivity index (χ0v) is 14.6. The van der Waals surface area contributed by atoms with Crippen molar-refractivity contribution in [3.8, 4) is 11.1 Å². The molecule has 0 saturated carbocycles. The quantitative estimate of drug-likeness (QED) is 0.704. The molecule has 26 heavy (non-hydrogen) atoms. The lowest BCUT2D eigenvalue weighted by molar-refractivity contribution is -0.125. The van der Waals surface area contributed by atoms with Crippen LogP contribution in [0.1, 0.15) is 11.5 Å². The van der Waals surface area contributed by atoms with Gasteiger partial charge in [0.25, 0.3) is 0 Å². The molecule has 1 aliphatic heterocycles. The third-order valence-electron chi connectivity index (χ3n) is 4.77. The average Bonchev–Trinajstić information content (AvgIpc) is 2.62. The highest BCUT2D eigenvalue weighted by atomic mass is 19.1. The molecule has 1 saturated heterocycles. The number of ether oxygens (including phenoxy) is 1. The fourth-order valence-electron chi connectivity index (χ4n) is 3.45. The molecule has 3 N–H and O–H groups in total. The van der Waals surface area contributed by atoms with E-state index in [-0.39, 0.29) is 42.9 Å². The molecule has 5 nitrogen and oxygen atoms in total. The van der Waals surface area contributed by atoms with E-state index in [2.05, 4.69) is 10.6 Å². The van der Waals surface area contributed by atoms with Crippen LogP contribution in [0.3, 0.4) is 0 Å². The molecule has 1 heterocycles. The summed E-state index contributed by atoms with van der Waals surface area (Å²) in [5.74, 6) is -0.342. The number of nitrogens with one attached hydrogen (secondary N) is 2. The van der Waals surface area contributed by atoms with Crippen molar-refractivity contribution >= 4 is 5.91 Å². The van der Waals surface area contributed by atoms with Gasteiger partial charge in [-0.2, -0.15) is 0 Å². The maximum Gasteiger partial charge on any atom is 0.246 e. The van der Waals surface area contributed by atoms with Crippen LogP contribution in [0.4, 0.5) is 4.39 Å². The number of aliphatic hydroxyl groups is 1. The Morgan fingerprint density at radius 3 is 2.58 bits per heavy atom. The third kappa shape index (κ3) is 3.93. The summed E-state index contributed by atoms with van der Waals surface area (Å²) in [6.45, 7) is 0.499. The van der Waals surface area contributed by atoms with Gasteiger partial charge in [-0.3, -0.25) is 4.79 Å². The van der Waals surface area contributed by atoms with Crippen molar-refractivity contribution in [2.45, 2.75) is 18.0 Å². The molecule has 0 bridgehead atoms. The van der Waals surface area contributed by atoms with Crippen LogP contribution in [0, 0.1) is 5.82 Å². The summed E-state index contributed by atoms with van der Waals surface area (Å²) < 4.78 is 18.7. The predicted molar refractivity (Wildman–Crippen MR) is 97.3 cm³/mol. The van der Waals surface area contributed by atoms with E-state index in [9.17, 15) is 14.3 Å². The number of rotatable bonds is 7. The number of carbonyl (C=O) groups is 1. The summed E-state index contributed by atoms with van der Waals surface area (Å²) in [7, 11) is 1.48. The number of carbonyl (C=O) groups excluding carboxylic acids is 1. The summed E-state index contributed by atoms with van der Waals surface area (Å²) in [6.07, 6.45) is 0. The van der Waals surface area contributed by atoms with Crippen molar-refractivity contribution in [1.82, 2.24) is 10.6 Å². The molecule has 0 spiro atoms. The van der Waals surface area contributed by atoms with Crippen LogP contribution in [-0.2, 0) is 9.53 Å². The van der Waals surface area contributed by atoms with Crippen molar-refractivity contribution in [2.75, 3.05) is 26.9 Å². The molecule has 3 rings (SSSR count). The Bertz CT molecular complexity index is 751. The highest BCUT2D eigenvalue weighted by Gasteiger charge is 2.40. The second-order valence-electron chi connectivity index (χ2n) is 6.43. The van der Waals surface area contributed by atoms with Gasteiger partial charge < -0.3 is 20.5 Å². The molecule has 6 heteroatoms. The van der Waals surface area contributed by atoms with Gasteiger partial charge in [0.05, 0.1) is 6.61 Å². The molecule has 3 atom stereocenters. The highest BCUT2D eigenvalue weighted by Crippen LogP contribution is 2.33. The second kappa shape index (κ2) is 8.40. The Morgan fingerprint density at radius 1 is 1.19 bits per heavy atom. The van der Waals surface area contributed by atoms with Gasteiger partial charge in [0.2, 0.25) is 5.91 Å². The lowest BCUT2D eigenvalue weighted by atomic mass is 9.77. The van der Waals surface area contributed by atoms with Crippen LogP contribution < -0.4 is 10.6 Å². The first-order valence-corrected chi connectivity index (χ1v) is 8.61. The van der Waals surface area contributed by atoms with Crippen LogP contribution >= 0.6 is 0 Å². The Hall–Kier alpha value is -2.28. The number of hydrogen-bond donors (Lipinski definition) is 3. The van der Waals surface area contributed by atoms with Crippen molar-refractivity contribution < 1.29 is 19.0 Å². The maximum atomic E-state index is 13.9. The van der Waals surface area contributed by atoms with Crippen LogP contribution in [0.2, 0.25) is 0 Å². The summed E-state index contributed by atoms with van der Waals surface area (Å²) in [4.78, 5) is 11.6. The zero-order chi connectivity index (χ0) is 18.5. The topological polar surface area (TPSA) is 70.6 Å². The minimum Gasteiger partial charge on any atom is -0.395 e. The smallest absolute Gasteiger partial charge is 0.246 e. The highest BCUT2D eigenvalue weighted by molar-refractivity contribution is 5.77. The Morgan fingerprint density at radius 2 is 1.92 bits per heavy atom. The summed E-state index contributed by atoms with van der Waals surface area (Å²) in [6, 6.07) is 14.3. The largest absolute Gasteiger partial charge is 0.395 e. The first kappa shape index (κ1) is 18.5. The fourth-order valence-corrected chi connectivity index (χ4v) is 3.45. The number of hydrogen-bond acceptors (Lipinski definition) is 4. The van der Waals surface area contributed by atoms with Gasteiger partial charge >= 0.3 is 0 Å². The van der Waals surface area contributed by atoms with Crippen molar-refractivity contribution in [2.24, 2.45) is 0 Å². The molecule has 1 aliphatic rings. The number of amides is 1. The molecule has 0 aromatic heterocycles. The molecule has 0 radical (unpaired) electrons. The van der Waals surface area contributed by atoms with E-state index in [1.54, 1.807) is 12.1 Å². The molecule has 1 fully saturated rings. The molecule has 0 aliphatic carbocycles. The summed E-state index contributed by atoms with van der Waals surface area (Å²) in [5.41, 5.74) is 2.42. The lowest BCUT2D eigenvalue weighted by Gasteiger charge is -2.46. The molecule has 2 aromatic rings. The monoisotopic (exact) mass is 358 g/mol. The van der Waals surface area contributed by atoms with Crippen LogP contribution in [0.25, 0.3) is 11.1 Å². The number of benzene rings is 2. The van der Waals surface area contributed by atoms with Crippen molar-refractivity contribution in [1.29, 1.82) is 0 Å². The number of methoxy groups -OCH3 is 1. The third-order valence-corrected chi connectivity index (χ3v) is 4.77. The fraction of sp³-hybridized carbons (Fsp3) is 0.350. The first-order chi connectivity index (χ1) is 12.6. The first-order valence-electron chi connectivity index (χ1n) is 8.61. The summed E-state index contributed by atoms with van der Waals surface area (Å²) >= 11 is 0. The zero-order valence-electron chi connectivity index (χ0n) is 14.6. The number of aliphatic hydroxyl groups excluding tert-OH is 1. The van der Waals surface area contributed by atoms with Crippen LogP contribution in [-0.4, -0.2) is 50.0 Å². The second-order valence-corrected chi connectivity index (χ2v) is 6.43. The molecule has 0 unspecified atom stereocenters. The Balaban J connectivity index is 1.71. The van der Waals surface area contributed by atoms with E-state index < -0.39 is 0 Å². The molecule has 138 valence electrons. The van der Waals surface area contributed by atoms with E-state index >= 15 is 0 Å². The van der Waals surface area contributed by atoms with Gasteiger partial charge in [0.1, 0.15) is 12.4 Å². The van der Waals surface area contributed by atoms with E-state index in [1.165, 1.54) is 13.2 Å². The maximum absolute atomic E-state index is 13.9. The summed E-state index contributed by atoms with van der Waals surface area (Å²) in [5, 5.41) is 15.6. The molecule has 1 amide bonds. The van der Waals surface area contributed by atoms with Gasteiger partial charge in [-0.1, -0.05) is 42.5 Å². The number of halogens is 1. The van der Waals surface area contributed by atoms with Crippen molar-refractivity contribution in [3.05, 3.63) is 59.9 Å². The van der Waals surface area contributed by atoms with Crippen LogP contribution in [0.15, 0.2) is 48.5 Å². The van der Waals surface area contributed by atoms with Gasteiger partial charge in [-0.25, -0.2) is 4.39 Å². The van der Waals surface area contributed by atoms with Gasteiger partial charge in [-0.15, -0.1) is 0 Å². The normalized spacial score (nSPS) is 21.9. The standard InChI is InChI=1S/C20H23FN2O3/c1-26-12-19(25)22-10-17-20(18(11-24)23-17)14-8-6-13(7-9-14)15-4-2-3-5-16(15)21/h2-9,17-18,20,23-24H,10-12H2,1H3,(H,22,25)/t17-,18-,20-/m1/s1. The van der Waals surface area contributed by atoms with E-state index in [1.807, 2.05) is 30.3 Å². The van der Waals surface area contributed by atoms with Gasteiger partial charge in [0.15, 0.2) is 0 Å². The van der Waals surface area contributed by atoms with Gasteiger partial charge in [-0.05, 0) is 17.2 Å². The molecular formula is C20H23FN2O3.